The number of fused-ring (bicyclic) bond motifs is 3. The standard InChI is InChI=1S/C22H26N2/c1-16-4-7-18(8-5-16)10-13-24-21-9-6-17(2)14-19(21)20-15-23(3)12-11-22(20)24/h4-9,14H,10-13,15H2,1-3H3. The van der Waals surface area contributed by atoms with E-state index in [9.17, 15) is 0 Å². The summed E-state index contributed by atoms with van der Waals surface area (Å²) in [6.07, 6.45) is 2.26. The predicted octanol–water partition coefficient (Wildman–Crippen LogP) is 4.49. The number of likely N-dealkylation sites (N-methyl/N-ethyl adjacent to an activating group) is 1. The first-order chi connectivity index (χ1) is 11.6. The molecule has 24 heavy (non-hydrogen) atoms. The van der Waals surface area contributed by atoms with Gasteiger partial charge in [0.25, 0.3) is 0 Å². The van der Waals surface area contributed by atoms with Gasteiger partial charge in [-0.1, -0.05) is 41.5 Å². The molecule has 2 nitrogen and oxygen atoms in total. The van der Waals surface area contributed by atoms with Crippen LogP contribution < -0.4 is 0 Å². The fraction of sp³-hybridized carbons (Fsp3) is 0.364. The van der Waals surface area contributed by atoms with E-state index < -0.39 is 0 Å². The zero-order chi connectivity index (χ0) is 16.7. The molecule has 1 aliphatic heterocycles. The molecule has 1 aliphatic rings. The van der Waals surface area contributed by atoms with Crippen molar-refractivity contribution in [1.82, 2.24) is 9.47 Å². The minimum Gasteiger partial charge on any atom is -0.344 e. The molecule has 0 aliphatic carbocycles. The summed E-state index contributed by atoms with van der Waals surface area (Å²) in [4.78, 5) is 2.44. The molecule has 0 amide bonds. The average molecular weight is 318 g/mol. The molecular formula is C22H26N2. The van der Waals surface area contributed by atoms with Crippen LogP contribution in [0.4, 0.5) is 0 Å². The van der Waals surface area contributed by atoms with Crippen LogP contribution in [0.2, 0.25) is 0 Å². The molecule has 0 saturated carbocycles. The summed E-state index contributed by atoms with van der Waals surface area (Å²) in [5.74, 6) is 0. The highest BCUT2D eigenvalue weighted by atomic mass is 15.1. The summed E-state index contributed by atoms with van der Waals surface area (Å²) < 4.78 is 2.58. The smallest absolute Gasteiger partial charge is 0.0486 e. The van der Waals surface area contributed by atoms with Crippen molar-refractivity contribution < 1.29 is 0 Å². The second kappa shape index (κ2) is 6.10. The van der Waals surface area contributed by atoms with Gasteiger partial charge in [-0.3, -0.25) is 0 Å². The molecule has 0 spiro atoms. The summed E-state index contributed by atoms with van der Waals surface area (Å²) in [6, 6.07) is 15.9. The Morgan fingerprint density at radius 1 is 0.958 bits per heavy atom. The zero-order valence-electron chi connectivity index (χ0n) is 15.0. The van der Waals surface area contributed by atoms with E-state index in [0.717, 1.165) is 32.5 Å². The summed E-state index contributed by atoms with van der Waals surface area (Å²) in [5, 5.41) is 1.46. The maximum atomic E-state index is 2.58. The lowest BCUT2D eigenvalue weighted by atomic mass is 10.0. The lowest BCUT2D eigenvalue weighted by molar-refractivity contribution is 0.309. The highest BCUT2D eigenvalue weighted by Gasteiger charge is 2.22. The minimum atomic E-state index is 1.07. The number of aryl methyl sites for hydroxylation is 4. The van der Waals surface area contributed by atoms with E-state index in [4.69, 9.17) is 0 Å². The Balaban J connectivity index is 1.73. The van der Waals surface area contributed by atoms with Crippen LogP contribution in [0.1, 0.15) is 27.9 Å². The number of hydrogen-bond acceptors (Lipinski definition) is 1. The number of hydrogen-bond donors (Lipinski definition) is 0. The third-order valence-electron chi connectivity index (χ3n) is 5.35. The third-order valence-corrected chi connectivity index (χ3v) is 5.35. The van der Waals surface area contributed by atoms with Crippen molar-refractivity contribution in [1.29, 1.82) is 0 Å². The predicted molar refractivity (Wildman–Crippen MR) is 102 cm³/mol. The average Bonchev–Trinajstić information content (AvgIpc) is 2.87. The highest BCUT2D eigenvalue weighted by Crippen LogP contribution is 2.31. The molecule has 0 atom stereocenters. The first-order valence-electron chi connectivity index (χ1n) is 8.96. The Hall–Kier alpha value is -2.06. The second-order valence-electron chi connectivity index (χ2n) is 7.32. The molecule has 1 aromatic heterocycles. The Kier molecular flexibility index (Phi) is 3.93. The Bertz CT molecular complexity index is 871. The van der Waals surface area contributed by atoms with Crippen molar-refractivity contribution in [3.63, 3.8) is 0 Å². The van der Waals surface area contributed by atoms with Gasteiger partial charge in [0.15, 0.2) is 0 Å². The van der Waals surface area contributed by atoms with Crippen LogP contribution in [-0.4, -0.2) is 23.1 Å². The molecule has 0 bridgehead atoms. The summed E-state index contributed by atoms with van der Waals surface area (Å²) in [7, 11) is 2.23. The van der Waals surface area contributed by atoms with Crippen LogP contribution >= 0.6 is 0 Å². The molecule has 2 aromatic carbocycles. The number of rotatable bonds is 3. The topological polar surface area (TPSA) is 8.17 Å². The molecule has 3 aromatic rings. The SMILES string of the molecule is Cc1ccc(CCn2c3c(c4cc(C)ccc42)CN(C)CC3)cc1. The first kappa shape index (κ1) is 15.5. The van der Waals surface area contributed by atoms with E-state index in [2.05, 4.69) is 72.8 Å². The summed E-state index contributed by atoms with van der Waals surface area (Å²) in [5.41, 5.74) is 8.63. The molecule has 0 radical (unpaired) electrons. The molecule has 0 saturated heterocycles. The Morgan fingerprint density at radius 3 is 2.50 bits per heavy atom. The van der Waals surface area contributed by atoms with Gasteiger partial charge in [-0.25, -0.2) is 0 Å². The zero-order valence-corrected chi connectivity index (χ0v) is 15.0. The van der Waals surface area contributed by atoms with E-state index in [-0.39, 0.29) is 0 Å². The molecule has 4 rings (SSSR count). The largest absolute Gasteiger partial charge is 0.344 e. The second-order valence-corrected chi connectivity index (χ2v) is 7.32. The molecule has 124 valence electrons. The van der Waals surface area contributed by atoms with Crippen LogP contribution in [0.3, 0.4) is 0 Å². The Morgan fingerprint density at radius 2 is 1.71 bits per heavy atom. The fourth-order valence-electron chi connectivity index (χ4n) is 3.95. The Labute approximate surface area is 144 Å². The van der Waals surface area contributed by atoms with E-state index in [0.29, 0.717) is 0 Å². The third kappa shape index (κ3) is 2.76. The van der Waals surface area contributed by atoms with Gasteiger partial charge in [-0.15, -0.1) is 0 Å². The van der Waals surface area contributed by atoms with E-state index in [1.54, 1.807) is 11.3 Å². The van der Waals surface area contributed by atoms with Gasteiger partial charge >= 0.3 is 0 Å². The van der Waals surface area contributed by atoms with Crippen molar-refractivity contribution in [3.05, 3.63) is 70.4 Å². The molecule has 0 unspecified atom stereocenters. The maximum absolute atomic E-state index is 2.58. The fourth-order valence-corrected chi connectivity index (χ4v) is 3.95. The summed E-state index contributed by atoms with van der Waals surface area (Å²) >= 11 is 0. The molecule has 0 fully saturated rings. The summed E-state index contributed by atoms with van der Waals surface area (Å²) in [6.45, 7) is 7.65. The van der Waals surface area contributed by atoms with Gasteiger partial charge < -0.3 is 9.47 Å². The van der Waals surface area contributed by atoms with Crippen molar-refractivity contribution in [2.24, 2.45) is 0 Å². The number of aromatic nitrogens is 1. The van der Waals surface area contributed by atoms with Crippen LogP contribution in [0.15, 0.2) is 42.5 Å². The van der Waals surface area contributed by atoms with Crippen LogP contribution in [0.5, 0.6) is 0 Å². The van der Waals surface area contributed by atoms with Crippen LogP contribution in [0.25, 0.3) is 10.9 Å². The lowest BCUT2D eigenvalue weighted by Gasteiger charge is -2.24. The number of nitrogens with zero attached hydrogens (tertiary/aromatic N) is 2. The molecule has 2 heteroatoms. The normalized spacial score (nSPS) is 15.0. The van der Waals surface area contributed by atoms with Crippen LogP contribution in [-0.2, 0) is 25.9 Å². The molecule has 2 heterocycles. The monoisotopic (exact) mass is 318 g/mol. The molecule has 0 N–H and O–H groups in total. The van der Waals surface area contributed by atoms with Crippen LogP contribution in [0, 0.1) is 13.8 Å². The number of benzene rings is 2. The van der Waals surface area contributed by atoms with Gasteiger partial charge in [-0.2, -0.15) is 0 Å². The quantitative estimate of drug-likeness (QED) is 0.691. The maximum Gasteiger partial charge on any atom is 0.0486 e. The minimum absolute atomic E-state index is 1.07. The van der Waals surface area contributed by atoms with Crippen molar-refractivity contribution >= 4 is 10.9 Å². The van der Waals surface area contributed by atoms with Crippen molar-refractivity contribution in [2.45, 2.75) is 39.8 Å². The van der Waals surface area contributed by atoms with Gasteiger partial charge in [-0.05, 0) is 50.6 Å². The van der Waals surface area contributed by atoms with Gasteiger partial charge in [0.2, 0.25) is 0 Å². The van der Waals surface area contributed by atoms with E-state index >= 15 is 0 Å². The van der Waals surface area contributed by atoms with Crippen molar-refractivity contribution in [3.8, 4) is 0 Å². The van der Waals surface area contributed by atoms with Gasteiger partial charge in [0.05, 0.1) is 0 Å². The van der Waals surface area contributed by atoms with Gasteiger partial charge in [0, 0.05) is 42.7 Å². The lowest BCUT2D eigenvalue weighted by Crippen LogP contribution is -2.27. The van der Waals surface area contributed by atoms with Gasteiger partial charge in [0.1, 0.15) is 0 Å². The van der Waals surface area contributed by atoms with E-state index in [1.165, 1.54) is 27.6 Å². The van der Waals surface area contributed by atoms with E-state index in [1.807, 2.05) is 0 Å². The molecular weight excluding hydrogens is 292 g/mol. The first-order valence-corrected chi connectivity index (χ1v) is 8.96. The van der Waals surface area contributed by atoms with Crippen molar-refractivity contribution in [2.75, 3.05) is 13.6 Å². The highest BCUT2D eigenvalue weighted by molar-refractivity contribution is 5.86.